The van der Waals surface area contributed by atoms with E-state index in [2.05, 4.69) is 137 Å². The van der Waals surface area contributed by atoms with Crippen LogP contribution in [0.2, 0.25) is 0 Å². The number of hydrogen-bond donors (Lipinski definition) is 1. The minimum absolute atomic E-state index is 1.18. The first-order valence-corrected chi connectivity index (χ1v) is 15.1. The first-order valence-electron chi connectivity index (χ1n) is 13.4. The Bertz CT molecular complexity index is 2260. The van der Waals surface area contributed by atoms with E-state index in [1.54, 1.807) is 0 Å². The molecule has 1 aliphatic rings. The van der Waals surface area contributed by atoms with E-state index in [0.29, 0.717) is 0 Å². The summed E-state index contributed by atoms with van der Waals surface area (Å²) in [6, 6.07) is 46.2. The van der Waals surface area contributed by atoms with Crippen molar-refractivity contribution in [3.8, 4) is 16.8 Å². The standard InChI is InChI=1S/C36H22N2S2/c1-2-8-22(9-3-1)23-14-16-24(17-15-23)38-29-13-7-5-11-26(29)34-30(38)19-21-32-36(34)40-31-20-18-28-33(35(31)39-32)25-10-4-6-12-27(25)37-28/h1-21,37H. The summed E-state index contributed by atoms with van der Waals surface area (Å²) in [6.07, 6.45) is 0. The number of aromatic nitrogens is 2. The molecule has 4 heteroatoms. The van der Waals surface area contributed by atoms with Gasteiger partial charge in [-0.05, 0) is 59.7 Å². The third-order valence-corrected chi connectivity index (χ3v) is 10.6. The average Bonchev–Trinajstić information content (AvgIpc) is 3.57. The Labute approximate surface area is 239 Å². The molecule has 0 atom stereocenters. The molecular weight excluding hydrogens is 525 g/mol. The van der Waals surface area contributed by atoms with Crippen LogP contribution in [0.5, 0.6) is 0 Å². The Hall–Kier alpha value is -4.38. The molecule has 1 aliphatic heterocycles. The van der Waals surface area contributed by atoms with Gasteiger partial charge in [0.05, 0.1) is 11.0 Å². The zero-order valence-electron chi connectivity index (χ0n) is 21.4. The zero-order chi connectivity index (χ0) is 26.2. The molecule has 0 radical (unpaired) electrons. The number of nitrogens with zero attached hydrogens (tertiary/aromatic N) is 1. The van der Waals surface area contributed by atoms with Gasteiger partial charge in [0.15, 0.2) is 0 Å². The molecule has 0 amide bonds. The van der Waals surface area contributed by atoms with Gasteiger partial charge in [-0.25, -0.2) is 0 Å². The van der Waals surface area contributed by atoms with Gasteiger partial charge < -0.3 is 9.55 Å². The molecule has 40 heavy (non-hydrogen) atoms. The second-order valence-electron chi connectivity index (χ2n) is 10.2. The summed E-state index contributed by atoms with van der Waals surface area (Å²) >= 11 is 3.82. The smallest absolute Gasteiger partial charge is 0.0553 e. The van der Waals surface area contributed by atoms with Crippen molar-refractivity contribution in [3.05, 3.63) is 127 Å². The second-order valence-corrected chi connectivity index (χ2v) is 12.3. The number of para-hydroxylation sites is 2. The predicted octanol–water partition coefficient (Wildman–Crippen LogP) is 10.7. The number of H-pyrrole nitrogens is 1. The molecule has 0 aliphatic carbocycles. The van der Waals surface area contributed by atoms with E-state index in [-0.39, 0.29) is 0 Å². The van der Waals surface area contributed by atoms with Crippen molar-refractivity contribution in [1.82, 2.24) is 9.55 Å². The van der Waals surface area contributed by atoms with E-state index in [9.17, 15) is 0 Å². The molecule has 8 aromatic rings. The zero-order valence-corrected chi connectivity index (χ0v) is 23.0. The summed E-state index contributed by atoms with van der Waals surface area (Å²) in [7, 11) is 0. The minimum Gasteiger partial charge on any atom is -0.354 e. The Morgan fingerprint density at radius 2 is 1.10 bits per heavy atom. The lowest BCUT2D eigenvalue weighted by atomic mass is 10.1. The highest BCUT2D eigenvalue weighted by Crippen LogP contribution is 2.55. The van der Waals surface area contributed by atoms with Crippen LogP contribution in [0.3, 0.4) is 0 Å². The highest BCUT2D eigenvalue weighted by Gasteiger charge is 2.25. The SMILES string of the molecule is c1ccc(-c2ccc(-n3c4ccccc4c4c5c(ccc43)Sc3c(ccc4[nH]c6ccccc6c34)S5)cc2)cc1. The molecule has 0 saturated carbocycles. The quantitative estimate of drug-likeness (QED) is 0.233. The monoisotopic (exact) mass is 546 g/mol. The predicted molar refractivity (Wildman–Crippen MR) is 170 cm³/mol. The number of aromatic amines is 1. The molecule has 6 aromatic carbocycles. The van der Waals surface area contributed by atoms with Gasteiger partial charge in [0, 0.05) is 57.8 Å². The molecule has 2 aromatic heterocycles. The van der Waals surface area contributed by atoms with Gasteiger partial charge in [-0.1, -0.05) is 102 Å². The van der Waals surface area contributed by atoms with Crippen molar-refractivity contribution in [3.63, 3.8) is 0 Å². The van der Waals surface area contributed by atoms with Crippen molar-refractivity contribution in [2.75, 3.05) is 0 Å². The van der Waals surface area contributed by atoms with Crippen LogP contribution in [0.25, 0.3) is 60.4 Å². The molecule has 0 unspecified atom stereocenters. The van der Waals surface area contributed by atoms with E-state index in [1.165, 1.54) is 80.0 Å². The minimum atomic E-state index is 1.18. The molecule has 0 saturated heterocycles. The highest BCUT2D eigenvalue weighted by atomic mass is 32.2. The Morgan fingerprint density at radius 1 is 0.450 bits per heavy atom. The van der Waals surface area contributed by atoms with Crippen LogP contribution in [0.1, 0.15) is 0 Å². The van der Waals surface area contributed by atoms with Gasteiger partial charge in [0.25, 0.3) is 0 Å². The van der Waals surface area contributed by atoms with Crippen LogP contribution in [-0.4, -0.2) is 9.55 Å². The lowest BCUT2D eigenvalue weighted by Crippen LogP contribution is -1.95. The molecule has 3 heterocycles. The number of nitrogens with one attached hydrogen (secondary N) is 1. The largest absolute Gasteiger partial charge is 0.354 e. The number of hydrogen-bond acceptors (Lipinski definition) is 2. The fraction of sp³-hybridized carbons (Fsp3) is 0. The van der Waals surface area contributed by atoms with Gasteiger partial charge in [0.1, 0.15) is 0 Å². The fourth-order valence-corrected chi connectivity index (χ4v) is 8.77. The normalized spacial score (nSPS) is 12.8. The van der Waals surface area contributed by atoms with Crippen molar-refractivity contribution in [1.29, 1.82) is 0 Å². The average molecular weight is 547 g/mol. The van der Waals surface area contributed by atoms with Gasteiger partial charge in [0.2, 0.25) is 0 Å². The summed E-state index contributed by atoms with van der Waals surface area (Å²) in [5, 5.41) is 5.26. The maximum atomic E-state index is 3.62. The Morgan fingerprint density at radius 3 is 1.93 bits per heavy atom. The van der Waals surface area contributed by atoms with Crippen LogP contribution < -0.4 is 0 Å². The third kappa shape index (κ3) is 3.21. The summed E-state index contributed by atoms with van der Waals surface area (Å²) in [5.41, 5.74) is 8.53. The lowest BCUT2D eigenvalue weighted by molar-refractivity contribution is 1.16. The van der Waals surface area contributed by atoms with Crippen molar-refractivity contribution < 1.29 is 0 Å². The highest BCUT2D eigenvalue weighted by molar-refractivity contribution is 8.05. The maximum Gasteiger partial charge on any atom is 0.0553 e. The summed E-state index contributed by atoms with van der Waals surface area (Å²) in [4.78, 5) is 8.97. The first-order chi connectivity index (χ1) is 19.8. The summed E-state index contributed by atoms with van der Waals surface area (Å²) < 4.78 is 2.42. The van der Waals surface area contributed by atoms with Gasteiger partial charge in [-0.2, -0.15) is 0 Å². The van der Waals surface area contributed by atoms with Crippen molar-refractivity contribution in [2.24, 2.45) is 0 Å². The summed E-state index contributed by atoms with van der Waals surface area (Å²) in [5.74, 6) is 0. The van der Waals surface area contributed by atoms with E-state index in [1.807, 2.05) is 23.5 Å². The number of fused-ring (bicyclic) bond motifs is 10. The van der Waals surface area contributed by atoms with E-state index >= 15 is 0 Å². The van der Waals surface area contributed by atoms with Crippen molar-refractivity contribution >= 4 is 67.1 Å². The topological polar surface area (TPSA) is 20.7 Å². The fourth-order valence-electron chi connectivity index (χ4n) is 6.19. The lowest BCUT2D eigenvalue weighted by Gasteiger charge is -2.20. The molecular formula is C36H22N2S2. The molecule has 0 fully saturated rings. The van der Waals surface area contributed by atoms with E-state index in [0.717, 1.165) is 0 Å². The van der Waals surface area contributed by atoms with Crippen LogP contribution in [0, 0.1) is 0 Å². The second kappa shape index (κ2) is 8.56. The van der Waals surface area contributed by atoms with E-state index < -0.39 is 0 Å². The molecule has 0 bridgehead atoms. The molecule has 0 spiro atoms. The Balaban J connectivity index is 1.24. The Kier molecular flexibility index (Phi) is 4.80. The third-order valence-electron chi connectivity index (χ3n) is 8.00. The van der Waals surface area contributed by atoms with Gasteiger partial charge in [-0.3, -0.25) is 0 Å². The van der Waals surface area contributed by atoms with Gasteiger partial charge >= 0.3 is 0 Å². The first kappa shape index (κ1) is 22.4. The molecule has 9 rings (SSSR count). The molecule has 188 valence electrons. The van der Waals surface area contributed by atoms with Crippen molar-refractivity contribution in [2.45, 2.75) is 19.6 Å². The van der Waals surface area contributed by atoms with E-state index in [4.69, 9.17) is 0 Å². The van der Waals surface area contributed by atoms with Crippen LogP contribution in [-0.2, 0) is 0 Å². The maximum absolute atomic E-state index is 3.62. The molecule has 2 nitrogen and oxygen atoms in total. The molecule has 1 N–H and O–H groups in total. The number of benzene rings is 6. The van der Waals surface area contributed by atoms with Gasteiger partial charge in [-0.15, -0.1) is 0 Å². The van der Waals surface area contributed by atoms with Crippen LogP contribution in [0.4, 0.5) is 0 Å². The van der Waals surface area contributed by atoms with Crippen LogP contribution >= 0.6 is 23.5 Å². The summed E-state index contributed by atoms with van der Waals surface area (Å²) in [6.45, 7) is 0. The van der Waals surface area contributed by atoms with Crippen LogP contribution in [0.15, 0.2) is 147 Å². The number of rotatable bonds is 2.